The van der Waals surface area contributed by atoms with E-state index in [0.717, 1.165) is 0 Å². The lowest BCUT2D eigenvalue weighted by Gasteiger charge is -2.40. The van der Waals surface area contributed by atoms with Crippen LogP contribution in [0.1, 0.15) is 13.8 Å². The predicted octanol–water partition coefficient (Wildman–Crippen LogP) is -2.03. The van der Waals surface area contributed by atoms with Gasteiger partial charge in [0.25, 0.3) is 0 Å². The fraction of sp³-hybridized carbons (Fsp3) is 0.889. The maximum absolute atomic E-state index is 10.0. The van der Waals surface area contributed by atoms with Crippen LogP contribution in [-0.2, 0) is 33.2 Å². The first-order valence-electron chi connectivity index (χ1n) is 9.69. The average molecular weight is 420 g/mol. The summed E-state index contributed by atoms with van der Waals surface area (Å²) in [5.41, 5.74) is 0. The second-order valence-electron chi connectivity index (χ2n) is 7.69. The molecule has 0 aromatic heterocycles. The van der Waals surface area contributed by atoms with E-state index in [-0.39, 0.29) is 6.61 Å². The second kappa shape index (κ2) is 8.44. The zero-order valence-corrected chi connectivity index (χ0v) is 16.1. The molecule has 0 amide bonds. The van der Waals surface area contributed by atoms with Crippen molar-refractivity contribution in [3.63, 3.8) is 0 Å². The molecule has 11 heteroatoms. The van der Waals surface area contributed by atoms with E-state index in [1.807, 2.05) is 0 Å². The van der Waals surface area contributed by atoms with Gasteiger partial charge in [-0.15, -0.1) is 0 Å². The smallest absolute Gasteiger partial charge is 0.184 e. The van der Waals surface area contributed by atoms with Crippen molar-refractivity contribution in [1.29, 1.82) is 0 Å². The lowest BCUT2D eigenvalue weighted by atomic mass is 10.0. The molecular weight excluding hydrogens is 392 g/mol. The van der Waals surface area contributed by atoms with Gasteiger partial charge in [0.05, 0.1) is 12.7 Å². The molecule has 4 aliphatic rings. The Bertz CT molecular complexity index is 590. The zero-order chi connectivity index (χ0) is 20.9. The molecule has 166 valence electrons. The van der Waals surface area contributed by atoms with Gasteiger partial charge in [-0.25, -0.2) is 0 Å². The molecule has 29 heavy (non-hydrogen) atoms. The molecule has 11 nitrogen and oxygen atoms in total. The van der Waals surface area contributed by atoms with Crippen molar-refractivity contribution in [3.8, 4) is 0 Å². The third kappa shape index (κ3) is 3.98. The summed E-state index contributed by atoms with van der Waals surface area (Å²) >= 11 is 0. The van der Waals surface area contributed by atoms with Gasteiger partial charge in [-0.2, -0.15) is 0 Å². The lowest BCUT2D eigenvalue weighted by Crippen LogP contribution is -2.55. The minimum atomic E-state index is -1.38. The van der Waals surface area contributed by atoms with Gasteiger partial charge in [0.2, 0.25) is 0 Å². The second-order valence-corrected chi connectivity index (χ2v) is 7.69. The van der Waals surface area contributed by atoms with Crippen molar-refractivity contribution in [2.24, 2.45) is 0 Å². The monoisotopic (exact) mass is 420 g/mol. The Morgan fingerprint density at radius 1 is 0.862 bits per heavy atom. The average Bonchev–Trinajstić information content (AvgIpc) is 3.16. The Balaban J connectivity index is 1.36. The molecule has 0 saturated carbocycles. The van der Waals surface area contributed by atoms with E-state index in [0.29, 0.717) is 0 Å². The molecule has 4 N–H and O–H groups in total. The summed E-state index contributed by atoms with van der Waals surface area (Å²) < 4.78 is 39.3. The standard InChI is InChI=1S/C18H28O11/c1-4-9-25-8(13-15(26-9)11(20)17(22)28-13)5-23-7(3)18-24-6(2)12-14(29-18)10(19)16(21)27-12/h4,6-22H,1,5H2,2-3H3. The highest BCUT2D eigenvalue weighted by atomic mass is 16.8. The highest BCUT2D eigenvalue weighted by Crippen LogP contribution is 2.35. The lowest BCUT2D eigenvalue weighted by molar-refractivity contribution is -0.314. The number of ether oxygens (including phenoxy) is 7. The summed E-state index contributed by atoms with van der Waals surface area (Å²) in [5.74, 6) is 0. The van der Waals surface area contributed by atoms with Crippen molar-refractivity contribution in [2.75, 3.05) is 6.61 Å². The van der Waals surface area contributed by atoms with Crippen molar-refractivity contribution >= 4 is 0 Å². The van der Waals surface area contributed by atoms with Crippen LogP contribution < -0.4 is 0 Å². The number of hydrogen-bond acceptors (Lipinski definition) is 11. The summed E-state index contributed by atoms with van der Waals surface area (Å²) in [6.45, 7) is 7.17. The molecule has 4 saturated heterocycles. The Hall–Kier alpha value is -0.700. The molecule has 0 aromatic carbocycles. The van der Waals surface area contributed by atoms with Crippen LogP contribution in [-0.4, -0.2) is 107 Å². The van der Waals surface area contributed by atoms with Gasteiger partial charge < -0.3 is 53.6 Å². The summed E-state index contributed by atoms with van der Waals surface area (Å²) in [5, 5.41) is 39.6. The third-order valence-corrected chi connectivity index (χ3v) is 5.67. The van der Waals surface area contributed by atoms with Crippen LogP contribution in [0.2, 0.25) is 0 Å². The minimum Gasteiger partial charge on any atom is -0.385 e. The van der Waals surface area contributed by atoms with Crippen LogP contribution in [0.5, 0.6) is 0 Å². The van der Waals surface area contributed by atoms with Crippen LogP contribution in [0.3, 0.4) is 0 Å². The molecule has 13 atom stereocenters. The van der Waals surface area contributed by atoms with Crippen molar-refractivity contribution in [3.05, 3.63) is 12.7 Å². The highest BCUT2D eigenvalue weighted by molar-refractivity contribution is 4.97. The van der Waals surface area contributed by atoms with E-state index < -0.39 is 80.1 Å². The molecule has 4 heterocycles. The summed E-state index contributed by atoms with van der Waals surface area (Å²) in [7, 11) is 0. The van der Waals surface area contributed by atoms with E-state index in [1.165, 1.54) is 6.08 Å². The van der Waals surface area contributed by atoms with E-state index in [9.17, 15) is 20.4 Å². The first-order chi connectivity index (χ1) is 13.8. The van der Waals surface area contributed by atoms with Gasteiger partial charge in [0, 0.05) is 0 Å². The largest absolute Gasteiger partial charge is 0.385 e. The fourth-order valence-electron chi connectivity index (χ4n) is 4.05. The molecule has 0 spiro atoms. The molecule has 4 aliphatic heterocycles. The Morgan fingerprint density at radius 3 is 2.14 bits per heavy atom. The Morgan fingerprint density at radius 2 is 1.48 bits per heavy atom. The molecule has 0 aromatic rings. The Labute approximate surface area is 167 Å². The van der Waals surface area contributed by atoms with Gasteiger partial charge in [-0.1, -0.05) is 6.58 Å². The Kier molecular flexibility index (Phi) is 6.27. The van der Waals surface area contributed by atoms with Gasteiger partial charge >= 0.3 is 0 Å². The number of aliphatic hydroxyl groups is 4. The summed E-state index contributed by atoms with van der Waals surface area (Å²) in [6.07, 6.45) is -9.67. The summed E-state index contributed by atoms with van der Waals surface area (Å²) in [6, 6.07) is 0. The first-order valence-corrected chi connectivity index (χ1v) is 9.69. The maximum Gasteiger partial charge on any atom is 0.184 e. The van der Waals surface area contributed by atoms with Crippen molar-refractivity contribution < 1.29 is 53.6 Å². The predicted molar refractivity (Wildman–Crippen MR) is 92.1 cm³/mol. The number of hydrogen-bond donors (Lipinski definition) is 4. The first kappa shape index (κ1) is 21.5. The van der Waals surface area contributed by atoms with Gasteiger partial charge in [0.1, 0.15) is 48.8 Å². The zero-order valence-electron chi connectivity index (χ0n) is 16.1. The van der Waals surface area contributed by atoms with Gasteiger partial charge in [0.15, 0.2) is 25.2 Å². The minimum absolute atomic E-state index is 0.0445. The number of rotatable bonds is 5. The number of aliphatic hydroxyl groups excluding tert-OH is 4. The van der Waals surface area contributed by atoms with Crippen LogP contribution >= 0.6 is 0 Å². The maximum atomic E-state index is 10.0. The van der Waals surface area contributed by atoms with E-state index >= 15 is 0 Å². The third-order valence-electron chi connectivity index (χ3n) is 5.67. The van der Waals surface area contributed by atoms with E-state index in [2.05, 4.69) is 6.58 Å². The fourth-order valence-corrected chi connectivity index (χ4v) is 4.05. The summed E-state index contributed by atoms with van der Waals surface area (Å²) in [4.78, 5) is 0. The van der Waals surface area contributed by atoms with E-state index in [4.69, 9.17) is 33.2 Å². The van der Waals surface area contributed by atoms with Crippen LogP contribution in [0.4, 0.5) is 0 Å². The normalized spacial score (nSPS) is 53.3. The molecule has 4 fully saturated rings. The highest BCUT2D eigenvalue weighted by Gasteiger charge is 2.54. The number of fused-ring (bicyclic) bond motifs is 2. The molecule has 0 bridgehead atoms. The molecular formula is C18H28O11. The van der Waals surface area contributed by atoms with Crippen LogP contribution in [0.15, 0.2) is 12.7 Å². The van der Waals surface area contributed by atoms with Crippen molar-refractivity contribution in [2.45, 2.75) is 93.9 Å². The van der Waals surface area contributed by atoms with Crippen LogP contribution in [0.25, 0.3) is 0 Å². The molecule has 0 aliphatic carbocycles. The van der Waals surface area contributed by atoms with Crippen LogP contribution in [0, 0.1) is 0 Å². The van der Waals surface area contributed by atoms with E-state index in [1.54, 1.807) is 13.8 Å². The molecule has 4 rings (SSSR count). The SMILES string of the molecule is C=CC1OC(COC(C)C2OC(C)C3OC(O)C(O)C3O2)C2OC(O)C(O)C2O1. The molecule has 0 radical (unpaired) electrons. The molecule has 13 unspecified atom stereocenters. The van der Waals surface area contributed by atoms with Gasteiger partial charge in [-0.3, -0.25) is 0 Å². The van der Waals surface area contributed by atoms with Crippen molar-refractivity contribution in [1.82, 2.24) is 0 Å². The quantitative estimate of drug-likeness (QED) is 0.365. The van der Waals surface area contributed by atoms with Gasteiger partial charge in [-0.05, 0) is 19.9 Å². The topological polar surface area (TPSA) is 146 Å².